The summed E-state index contributed by atoms with van der Waals surface area (Å²) < 4.78 is 0. The first-order valence-electron chi connectivity index (χ1n) is 7.52. The molecule has 2 aliphatic carbocycles. The van der Waals surface area contributed by atoms with Crippen molar-refractivity contribution in [3.05, 3.63) is 0 Å². The van der Waals surface area contributed by atoms with Crippen molar-refractivity contribution in [3.63, 3.8) is 0 Å². The highest BCUT2D eigenvalue weighted by molar-refractivity contribution is 5.82. The van der Waals surface area contributed by atoms with Crippen LogP contribution in [0.3, 0.4) is 0 Å². The second-order valence-electron chi connectivity index (χ2n) is 6.18. The van der Waals surface area contributed by atoms with Crippen molar-refractivity contribution in [2.24, 2.45) is 5.92 Å². The molecule has 19 heavy (non-hydrogen) atoms. The Labute approximate surface area is 114 Å². The van der Waals surface area contributed by atoms with Crippen LogP contribution in [0.15, 0.2) is 0 Å². The number of carbonyl (C=O) groups excluding carboxylic acids is 2. The third-order valence-corrected chi connectivity index (χ3v) is 4.52. The lowest BCUT2D eigenvalue weighted by atomic mass is 9.87. The molecule has 3 fully saturated rings. The normalized spacial score (nSPS) is 31.5. The van der Waals surface area contributed by atoms with Gasteiger partial charge >= 0.3 is 0 Å². The van der Waals surface area contributed by atoms with Crippen LogP contribution in [0.2, 0.25) is 0 Å². The Hall–Kier alpha value is -1.10. The molecule has 1 aliphatic heterocycles. The van der Waals surface area contributed by atoms with Crippen LogP contribution in [0.4, 0.5) is 0 Å². The molecule has 2 atom stereocenters. The van der Waals surface area contributed by atoms with Gasteiger partial charge in [-0.1, -0.05) is 12.8 Å². The quantitative estimate of drug-likeness (QED) is 0.766. The van der Waals surface area contributed by atoms with Gasteiger partial charge in [-0.25, -0.2) is 0 Å². The van der Waals surface area contributed by atoms with E-state index < -0.39 is 0 Å². The average Bonchev–Trinajstić information content (AvgIpc) is 3.20. The van der Waals surface area contributed by atoms with Crippen molar-refractivity contribution < 1.29 is 9.59 Å². The van der Waals surface area contributed by atoms with Crippen LogP contribution in [0, 0.1) is 5.92 Å². The molecule has 0 aromatic rings. The molecule has 1 heterocycles. The van der Waals surface area contributed by atoms with Crippen molar-refractivity contribution in [1.29, 1.82) is 0 Å². The number of nitrogens with one attached hydrogen (secondary N) is 2. The van der Waals surface area contributed by atoms with Crippen molar-refractivity contribution in [2.45, 2.75) is 50.6 Å². The first-order chi connectivity index (χ1) is 9.22. The summed E-state index contributed by atoms with van der Waals surface area (Å²) in [4.78, 5) is 25.7. The van der Waals surface area contributed by atoms with Crippen LogP contribution in [-0.4, -0.2) is 48.4 Å². The van der Waals surface area contributed by atoms with Crippen molar-refractivity contribution >= 4 is 11.8 Å². The van der Waals surface area contributed by atoms with Crippen LogP contribution >= 0.6 is 0 Å². The maximum absolute atomic E-state index is 11.9. The summed E-state index contributed by atoms with van der Waals surface area (Å²) in [6, 6.07) is 0.615. The highest BCUT2D eigenvalue weighted by Gasteiger charge is 2.37. The molecular formula is C14H23N3O2. The maximum atomic E-state index is 11.9. The topological polar surface area (TPSA) is 61.4 Å². The fourth-order valence-electron chi connectivity index (χ4n) is 3.26. The third kappa shape index (κ3) is 3.26. The van der Waals surface area contributed by atoms with Gasteiger partial charge in [0.25, 0.3) is 0 Å². The largest absolute Gasteiger partial charge is 0.355 e. The van der Waals surface area contributed by atoms with Crippen molar-refractivity contribution in [1.82, 2.24) is 15.5 Å². The summed E-state index contributed by atoms with van der Waals surface area (Å²) in [5.74, 6) is 0.847. The molecule has 0 radical (unpaired) electrons. The first-order valence-corrected chi connectivity index (χ1v) is 7.52. The molecule has 2 saturated carbocycles. The summed E-state index contributed by atoms with van der Waals surface area (Å²) >= 11 is 0. The number of hydrogen-bond donors (Lipinski definition) is 2. The summed E-state index contributed by atoms with van der Waals surface area (Å²) in [5.41, 5.74) is 0. The van der Waals surface area contributed by atoms with Gasteiger partial charge in [0.05, 0.1) is 13.1 Å². The van der Waals surface area contributed by atoms with Crippen LogP contribution < -0.4 is 10.6 Å². The van der Waals surface area contributed by atoms with E-state index in [-0.39, 0.29) is 17.9 Å². The lowest BCUT2D eigenvalue weighted by Gasteiger charge is -2.43. The second kappa shape index (κ2) is 5.49. The van der Waals surface area contributed by atoms with Crippen molar-refractivity contribution in [2.75, 3.05) is 19.6 Å². The Morgan fingerprint density at radius 3 is 2.84 bits per heavy atom. The molecule has 1 saturated heterocycles. The van der Waals surface area contributed by atoms with Gasteiger partial charge in [0.1, 0.15) is 0 Å². The van der Waals surface area contributed by atoms with Gasteiger partial charge in [0.15, 0.2) is 0 Å². The molecule has 0 aromatic carbocycles. The van der Waals surface area contributed by atoms with Gasteiger partial charge < -0.3 is 10.6 Å². The van der Waals surface area contributed by atoms with E-state index in [9.17, 15) is 9.59 Å². The van der Waals surface area contributed by atoms with E-state index in [1.54, 1.807) is 0 Å². The smallest absolute Gasteiger partial charge is 0.234 e. The first kappa shape index (κ1) is 12.9. The van der Waals surface area contributed by atoms with Gasteiger partial charge in [-0.2, -0.15) is 0 Å². The molecule has 0 spiro atoms. The third-order valence-electron chi connectivity index (χ3n) is 4.52. The number of rotatable bonds is 4. The van der Waals surface area contributed by atoms with Crippen LogP contribution in [0.5, 0.6) is 0 Å². The number of carbonyl (C=O) groups is 2. The minimum atomic E-state index is 0.0677. The SMILES string of the molecule is O=C(CN1CC(=O)N[C@@H]2CCCC[C@@H]21)NCC1CC1. The van der Waals surface area contributed by atoms with Gasteiger partial charge in [0, 0.05) is 18.6 Å². The monoisotopic (exact) mass is 265 g/mol. The van der Waals surface area contributed by atoms with E-state index in [0.717, 1.165) is 19.4 Å². The number of amides is 2. The summed E-state index contributed by atoms with van der Waals surface area (Å²) in [5, 5.41) is 6.06. The fraction of sp³-hybridized carbons (Fsp3) is 0.857. The van der Waals surface area contributed by atoms with Gasteiger partial charge in [-0.05, 0) is 31.6 Å². The molecule has 3 rings (SSSR count). The Kier molecular flexibility index (Phi) is 3.73. The molecule has 0 aromatic heterocycles. The fourth-order valence-corrected chi connectivity index (χ4v) is 3.26. The van der Waals surface area contributed by atoms with E-state index >= 15 is 0 Å². The van der Waals surface area contributed by atoms with Gasteiger partial charge in [-0.15, -0.1) is 0 Å². The zero-order chi connectivity index (χ0) is 13.2. The van der Waals surface area contributed by atoms with Crippen molar-refractivity contribution in [3.8, 4) is 0 Å². The number of piperazine rings is 1. The predicted molar refractivity (Wildman–Crippen MR) is 71.5 cm³/mol. The van der Waals surface area contributed by atoms with E-state index in [0.29, 0.717) is 25.0 Å². The minimum absolute atomic E-state index is 0.0677. The number of hydrogen-bond acceptors (Lipinski definition) is 3. The average molecular weight is 265 g/mol. The highest BCUT2D eigenvalue weighted by atomic mass is 16.2. The molecule has 5 nitrogen and oxygen atoms in total. The van der Waals surface area contributed by atoms with E-state index in [1.807, 2.05) is 0 Å². The Bertz CT molecular complexity index is 368. The van der Waals surface area contributed by atoms with Gasteiger partial charge in [-0.3, -0.25) is 14.5 Å². The van der Waals surface area contributed by atoms with E-state index in [4.69, 9.17) is 0 Å². The Balaban J connectivity index is 1.54. The lowest BCUT2D eigenvalue weighted by Crippen LogP contribution is -2.62. The van der Waals surface area contributed by atoms with Gasteiger partial charge in [0.2, 0.25) is 11.8 Å². The zero-order valence-electron chi connectivity index (χ0n) is 11.4. The van der Waals surface area contributed by atoms with Crippen LogP contribution in [0.25, 0.3) is 0 Å². The van der Waals surface area contributed by atoms with Crippen LogP contribution in [0.1, 0.15) is 38.5 Å². The zero-order valence-corrected chi connectivity index (χ0v) is 11.4. The molecule has 106 valence electrons. The van der Waals surface area contributed by atoms with Crippen LogP contribution in [-0.2, 0) is 9.59 Å². The summed E-state index contributed by atoms with van der Waals surface area (Å²) in [6.07, 6.45) is 7.03. The second-order valence-corrected chi connectivity index (χ2v) is 6.18. The molecule has 2 N–H and O–H groups in total. The predicted octanol–water partition coefficient (Wildman–Crippen LogP) is 0.256. The Morgan fingerprint density at radius 1 is 1.26 bits per heavy atom. The number of nitrogens with zero attached hydrogens (tertiary/aromatic N) is 1. The number of fused-ring (bicyclic) bond motifs is 1. The summed E-state index contributed by atoms with van der Waals surface area (Å²) in [7, 11) is 0. The lowest BCUT2D eigenvalue weighted by molar-refractivity contribution is -0.131. The molecule has 0 bridgehead atoms. The molecule has 2 amide bonds. The molecule has 5 heteroatoms. The van der Waals surface area contributed by atoms with E-state index in [2.05, 4.69) is 15.5 Å². The standard InChI is InChI=1S/C14H23N3O2/c18-13(15-7-10-5-6-10)8-17-9-14(19)16-11-3-1-2-4-12(11)17/h10-12H,1-9H2,(H,15,18)(H,16,19)/t11-,12+/m1/s1. The molecule has 0 unspecified atom stereocenters. The minimum Gasteiger partial charge on any atom is -0.355 e. The molecular weight excluding hydrogens is 242 g/mol. The van der Waals surface area contributed by atoms with E-state index in [1.165, 1.54) is 25.7 Å². The Morgan fingerprint density at radius 2 is 2.05 bits per heavy atom. The molecule has 3 aliphatic rings. The maximum Gasteiger partial charge on any atom is 0.234 e. The summed E-state index contributed by atoms with van der Waals surface area (Å²) in [6.45, 7) is 1.56. The highest BCUT2D eigenvalue weighted by Crippen LogP contribution is 2.28.